The highest BCUT2D eigenvalue weighted by Gasteiger charge is 2.24. The molecule has 1 aliphatic rings. The summed E-state index contributed by atoms with van der Waals surface area (Å²) in [7, 11) is -3.25. The number of nitrogens with two attached hydrogens (primary N) is 1. The number of benzene rings is 1. The molecule has 5 heteroatoms. The molecule has 0 amide bonds. The molecule has 0 spiro atoms. The van der Waals surface area contributed by atoms with Crippen molar-refractivity contribution in [1.29, 1.82) is 0 Å². The summed E-state index contributed by atoms with van der Waals surface area (Å²) in [5, 5.41) is 0. The fourth-order valence-corrected chi connectivity index (χ4v) is 4.76. The Morgan fingerprint density at radius 3 is 2.50 bits per heavy atom. The van der Waals surface area contributed by atoms with Crippen LogP contribution in [-0.4, -0.2) is 14.2 Å². The van der Waals surface area contributed by atoms with Crippen molar-refractivity contribution in [2.24, 2.45) is 5.92 Å². The minimum absolute atomic E-state index is 0.235. The van der Waals surface area contributed by atoms with Crippen LogP contribution in [-0.2, 0) is 9.84 Å². The first kappa shape index (κ1) is 13.9. The van der Waals surface area contributed by atoms with E-state index in [1.54, 1.807) is 18.2 Å². The molecular weight excluding hydrogens is 314 g/mol. The van der Waals surface area contributed by atoms with Gasteiger partial charge in [-0.25, -0.2) is 8.42 Å². The van der Waals surface area contributed by atoms with Gasteiger partial charge in [-0.05, 0) is 37.0 Å². The van der Waals surface area contributed by atoms with Crippen molar-refractivity contribution in [3.63, 3.8) is 0 Å². The zero-order chi connectivity index (χ0) is 13.2. The first-order valence-electron chi connectivity index (χ1n) is 6.27. The van der Waals surface area contributed by atoms with Gasteiger partial charge >= 0.3 is 0 Å². The van der Waals surface area contributed by atoms with Gasteiger partial charge in [-0.3, -0.25) is 0 Å². The predicted molar refractivity (Wildman–Crippen MR) is 77.2 cm³/mol. The molecule has 2 N–H and O–H groups in total. The van der Waals surface area contributed by atoms with Gasteiger partial charge in [0, 0.05) is 4.47 Å². The fraction of sp³-hybridized carbons (Fsp3) is 0.538. The predicted octanol–water partition coefficient (Wildman–Crippen LogP) is 3.39. The maximum absolute atomic E-state index is 12.3. The molecule has 100 valence electrons. The Morgan fingerprint density at radius 1 is 1.22 bits per heavy atom. The van der Waals surface area contributed by atoms with Crippen LogP contribution in [0.3, 0.4) is 0 Å². The molecule has 0 aromatic heterocycles. The normalized spacial score (nSPS) is 17.8. The first-order valence-corrected chi connectivity index (χ1v) is 8.71. The second-order valence-corrected chi connectivity index (χ2v) is 7.89. The largest absolute Gasteiger partial charge is 0.398 e. The van der Waals surface area contributed by atoms with Crippen molar-refractivity contribution in [3.05, 3.63) is 22.7 Å². The summed E-state index contributed by atoms with van der Waals surface area (Å²) in [6, 6.07) is 4.97. The molecule has 0 saturated heterocycles. The maximum atomic E-state index is 12.3. The van der Waals surface area contributed by atoms with Crippen LogP contribution < -0.4 is 5.73 Å². The average molecular weight is 332 g/mol. The third-order valence-corrected chi connectivity index (χ3v) is 5.93. The minimum Gasteiger partial charge on any atom is -0.398 e. The van der Waals surface area contributed by atoms with Crippen molar-refractivity contribution in [2.45, 2.75) is 37.0 Å². The van der Waals surface area contributed by atoms with Crippen molar-refractivity contribution in [1.82, 2.24) is 0 Å². The zero-order valence-corrected chi connectivity index (χ0v) is 12.6. The van der Waals surface area contributed by atoms with E-state index in [1.807, 2.05) is 0 Å². The Hall–Kier alpha value is -0.550. The van der Waals surface area contributed by atoms with Gasteiger partial charge in [0.15, 0.2) is 9.84 Å². The Bertz CT molecular complexity index is 522. The number of halogens is 1. The van der Waals surface area contributed by atoms with Crippen LogP contribution in [0.1, 0.15) is 32.1 Å². The summed E-state index contributed by atoms with van der Waals surface area (Å²) in [6.07, 6.45) is 5.58. The van der Waals surface area contributed by atoms with Gasteiger partial charge in [0.1, 0.15) is 0 Å². The molecule has 1 fully saturated rings. The molecule has 0 radical (unpaired) electrons. The topological polar surface area (TPSA) is 60.2 Å². The van der Waals surface area contributed by atoms with E-state index in [2.05, 4.69) is 15.9 Å². The highest BCUT2D eigenvalue weighted by Crippen LogP contribution is 2.29. The van der Waals surface area contributed by atoms with E-state index in [-0.39, 0.29) is 10.6 Å². The minimum atomic E-state index is -3.25. The van der Waals surface area contributed by atoms with Gasteiger partial charge in [0.05, 0.1) is 16.3 Å². The lowest BCUT2D eigenvalue weighted by atomic mass is 9.91. The van der Waals surface area contributed by atoms with E-state index in [4.69, 9.17) is 5.73 Å². The summed E-state index contributed by atoms with van der Waals surface area (Å²) in [5.41, 5.74) is 6.14. The van der Waals surface area contributed by atoms with E-state index in [9.17, 15) is 8.42 Å². The highest BCUT2D eigenvalue weighted by atomic mass is 79.9. The number of anilines is 1. The summed E-state index contributed by atoms with van der Waals surface area (Å²) in [6.45, 7) is 0. The number of sulfone groups is 1. The Kier molecular flexibility index (Phi) is 4.33. The molecule has 0 unspecified atom stereocenters. The Balaban J connectivity index is 2.19. The summed E-state index contributed by atoms with van der Waals surface area (Å²) < 4.78 is 25.5. The monoisotopic (exact) mass is 331 g/mol. The van der Waals surface area contributed by atoms with Gasteiger partial charge in [-0.1, -0.05) is 35.2 Å². The van der Waals surface area contributed by atoms with Crippen molar-refractivity contribution in [3.8, 4) is 0 Å². The molecule has 2 rings (SSSR count). The third kappa shape index (κ3) is 3.26. The smallest absolute Gasteiger partial charge is 0.180 e. The van der Waals surface area contributed by atoms with Gasteiger partial charge in [0.25, 0.3) is 0 Å². The van der Waals surface area contributed by atoms with E-state index in [1.165, 1.54) is 6.42 Å². The van der Waals surface area contributed by atoms with Gasteiger partial charge in [-0.2, -0.15) is 0 Å². The molecule has 0 bridgehead atoms. The van der Waals surface area contributed by atoms with Crippen LogP contribution in [0.25, 0.3) is 0 Å². The van der Waals surface area contributed by atoms with Crippen LogP contribution >= 0.6 is 15.9 Å². The number of hydrogen-bond acceptors (Lipinski definition) is 3. The summed E-state index contributed by atoms with van der Waals surface area (Å²) in [5.74, 6) is 0.533. The zero-order valence-electron chi connectivity index (χ0n) is 10.2. The van der Waals surface area contributed by atoms with Crippen LogP contribution in [0.5, 0.6) is 0 Å². The Morgan fingerprint density at radius 2 is 1.89 bits per heavy atom. The van der Waals surface area contributed by atoms with Crippen molar-refractivity contribution >= 4 is 31.5 Å². The standard InChI is InChI=1S/C13H18BrNO2S/c14-11-6-7-13(12(15)8-11)18(16,17)9-10-4-2-1-3-5-10/h6-8,10H,1-5,9,15H2. The van der Waals surface area contributed by atoms with E-state index in [0.717, 1.165) is 30.2 Å². The molecule has 0 heterocycles. The van der Waals surface area contributed by atoms with Crippen LogP contribution in [0.2, 0.25) is 0 Å². The average Bonchev–Trinajstić information content (AvgIpc) is 2.29. The lowest BCUT2D eigenvalue weighted by Gasteiger charge is -2.21. The van der Waals surface area contributed by atoms with Gasteiger partial charge in [-0.15, -0.1) is 0 Å². The summed E-state index contributed by atoms with van der Waals surface area (Å²) in [4.78, 5) is 0.274. The van der Waals surface area contributed by atoms with E-state index >= 15 is 0 Å². The van der Waals surface area contributed by atoms with Crippen molar-refractivity contribution < 1.29 is 8.42 Å². The SMILES string of the molecule is Nc1cc(Br)ccc1S(=O)(=O)CC1CCCCC1. The highest BCUT2D eigenvalue weighted by molar-refractivity contribution is 9.10. The lowest BCUT2D eigenvalue weighted by molar-refractivity contribution is 0.385. The molecule has 1 saturated carbocycles. The second-order valence-electron chi connectivity index (χ2n) is 4.97. The summed E-state index contributed by atoms with van der Waals surface area (Å²) >= 11 is 3.29. The van der Waals surface area contributed by atoms with Crippen LogP contribution in [0, 0.1) is 5.92 Å². The molecule has 3 nitrogen and oxygen atoms in total. The molecule has 1 aromatic rings. The number of nitrogen functional groups attached to an aromatic ring is 1. The number of rotatable bonds is 3. The van der Waals surface area contributed by atoms with E-state index in [0.29, 0.717) is 11.6 Å². The first-order chi connectivity index (χ1) is 8.49. The number of hydrogen-bond donors (Lipinski definition) is 1. The molecule has 1 aromatic carbocycles. The third-order valence-electron chi connectivity index (χ3n) is 3.49. The molecule has 0 aliphatic heterocycles. The lowest BCUT2D eigenvalue weighted by Crippen LogP contribution is -2.19. The molecule has 1 aliphatic carbocycles. The maximum Gasteiger partial charge on any atom is 0.180 e. The fourth-order valence-electron chi connectivity index (χ4n) is 2.56. The van der Waals surface area contributed by atoms with Crippen molar-refractivity contribution in [2.75, 3.05) is 11.5 Å². The van der Waals surface area contributed by atoms with E-state index < -0.39 is 9.84 Å². The van der Waals surface area contributed by atoms with Crippen LogP contribution in [0.4, 0.5) is 5.69 Å². The van der Waals surface area contributed by atoms with Gasteiger partial charge in [0.2, 0.25) is 0 Å². The molecule has 18 heavy (non-hydrogen) atoms. The Labute approximate surface area is 117 Å². The molecule has 0 atom stereocenters. The quantitative estimate of drug-likeness (QED) is 0.863. The second kappa shape index (κ2) is 5.61. The van der Waals surface area contributed by atoms with Gasteiger partial charge < -0.3 is 5.73 Å². The molecular formula is C13H18BrNO2S. The van der Waals surface area contributed by atoms with Crippen LogP contribution in [0.15, 0.2) is 27.6 Å².